The first-order valence-corrected chi connectivity index (χ1v) is 7.35. The molecule has 0 bridgehead atoms. The van der Waals surface area contributed by atoms with Gasteiger partial charge in [0.2, 0.25) is 0 Å². The van der Waals surface area contributed by atoms with Crippen molar-refractivity contribution in [3.63, 3.8) is 0 Å². The van der Waals surface area contributed by atoms with Crippen molar-refractivity contribution in [2.45, 2.75) is 6.92 Å². The van der Waals surface area contributed by atoms with Gasteiger partial charge >= 0.3 is 111 Å². The summed E-state index contributed by atoms with van der Waals surface area (Å²) in [5, 5.41) is 7.95. The predicted octanol–water partition coefficient (Wildman–Crippen LogP) is 2.07. The van der Waals surface area contributed by atoms with Crippen LogP contribution in [0.2, 0.25) is 0 Å². The Morgan fingerprint density at radius 2 is 1.94 bits per heavy atom. The molecule has 1 aromatic heterocycles. The Hall–Kier alpha value is -1.64. The summed E-state index contributed by atoms with van der Waals surface area (Å²) >= 11 is -0.141. The Morgan fingerprint density at radius 3 is 2.56 bits per heavy atom. The van der Waals surface area contributed by atoms with Crippen molar-refractivity contribution in [3.05, 3.63) is 52.3 Å². The average Bonchev–Trinajstić information content (AvgIpc) is 2.40. The van der Waals surface area contributed by atoms with Gasteiger partial charge in [-0.1, -0.05) is 0 Å². The third-order valence-corrected chi connectivity index (χ3v) is 4.54. The number of hydrogen-bond donors (Lipinski definition) is 1. The molecule has 3 nitrogen and oxygen atoms in total. The maximum atomic E-state index is 11.6. The van der Waals surface area contributed by atoms with Crippen LogP contribution in [0.3, 0.4) is 0 Å². The van der Waals surface area contributed by atoms with Crippen LogP contribution in [0.5, 0.6) is 0 Å². The zero-order valence-corrected chi connectivity index (χ0v) is 11.7. The van der Waals surface area contributed by atoms with Crippen molar-refractivity contribution in [1.82, 2.24) is 0 Å². The van der Waals surface area contributed by atoms with E-state index in [1.807, 2.05) is 36.4 Å². The van der Waals surface area contributed by atoms with E-state index in [0.29, 0.717) is 16.4 Å². The number of hydrogen-bond acceptors (Lipinski definition) is 3. The molecule has 1 aromatic carbocycles. The third kappa shape index (κ3) is 2.78. The van der Waals surface area contributed by atoms with Gasteiger partial charge in [-0.3, -0.25) is 0 Å². The van der Waals surface area contributed by atoms with Gasteiger partial charge in [-0.05, 0) is 0 Å². The normalized spacial score (nSPS) is 10.1. The first-order chi connectivity index (χ1) is 8.72. The van der Waals surface area contributed by atoms with E-state index in [1.165, 1.54) is 0 Å². The molecule has 0 aliphatic rings. The number of carbonyl (C=O) groups excluding carboxylic acids is 1. The Bertz CT molecular complexity index is 605. The molecule has 18 heavy (non-hydrogen) atoms. The van der Waals surface area contributed by atoms with Crippen molar-refractivity contribution in [2.24, 2.45) is 0 Å². The molecule has 2 aromatic rings. The predicted molar refractivity (Wildman–Crippen MR) is 70.6 cm³/mol. The van der Waals surface area contributed by atoms with Crippen molar-refractivity contribution >= 4 is 20.5 Å². The molecule has 0 unspecified atom stereocenters. The molecule has 0 amide bonds. The van der Waals surface area contributed by atoms with Gasteiger partial charge in [0.1, 0.15) is 0 Å². The van der Waals surface area contributed by atoms with Gasteiger partial charge in [-0.15, -0.1) is 0 Å². The van der Waals surface area contributed by atoms with Crippen LogP contribution in [0.4, 0.5) is 0 Å². The summed E-state index contributed by atoms with van der Waals surface area (Å²) in [6.45, 7) is 2.10. The average molecular weight is 306 g/mol. The maximum absolute atomic E-state index is 11.6. The molecule has 4 heteroatoms. The Balaban J connectivity index is 2.37. The van der Waals surface area contributed by atoms with Crippen LogP contribution < -0.4 is 4.23 Å². The van der Waals surface area contributed by atoms with Gasteiger partial charge in [0.15, 0.2) is 0 Å². The first-order valence-electron chi connectivity index (χ1n) is 5.63. The van der Waals surface area contributed by atoms with E-state index in [1.54, 1.807) is 13.0 Å². The van der Waals surface area contributed by atoms with Crippen molar-refractivity contribution in [2.75, 3.05) is 6.61 Å². The van der Waals surface area contributed by atoms with Crippen LogP contribution >= 0.6 is 0 Å². The number of rotatable bonds is 3. The second-order valence-electron chi connectivity index (χ2n) is 3.63. The van der Waals surface area contributed by atoms with Crippen LogP contribution in [0, 0.1) is 5.41 Å². The summed E-state index contributed by atoms with van der Waals surface area (Å²) in [6.07, 6.45) is 0. The van der Waals surface area contributed by atoms with Crippen LogP contribution in [0.15, 0.2) is 42.5 Å². The summed E-state index contributed by atoms with van der Waals surface area (Å²) in [5.74, 6) is -0.396. The van der Waals surface area contributed by atoms with Gasteiger partial charge in [0.05, 0.1) is 0 Å². The zero-order valence-electron chi connectivity index (χ0n) is 9.97. The topological polar surface area (TPSA) is 50.2 Å². The second-order valence-corrected chi connectivity index (χ2v) is 5.84. The molecule has 2 rings (SSSR count). The minimum absolute atomic E-state index is 0.141. The van der Waals surface area contributed by atoms with E-state index in [-0.39, 0.29) is 14.5 Å². The molecule has 1 N–H and O–H groups in total. The van der Waals surface area contributed by atoms with E-state index >= 15 is 0 Å². The Kier molecular flexibility index (Phi) is 4.13. The number of nitrogens with one attached hydrogen (secondary N) is 1. The van der Waals surface area contributed by atoms with Crippen LogP contribution in [0.1, 0.15) is 17.3 Å². The quantitative estimate of drug-likeness (QED) is 0.697. The van der Waals surface area contributed by atoms with E-state index in [0.717, 1.165) is 10.0 Å². The SMILES string of the molecule is CCOC(=O)c1ccc(-c2ccccc2)[se]c1=N. The molecule has 0 saturated heterocycles. The molecule has 1 heterocycles. The summed E-state index contributed by atoms with van der Waals surface area (Å²) in [7, 11) is 0. The Morgan fingerprint density at radius 1 is 1.22 bits per heavy atom. The van der Waals surface area contributed by atoms with Gasteiger partial charge in [0, 0.05) is 0 Å². The molecule has 0 aliphatic heterocycles. The van der Waals surface area contributed by atoms with E-state index in [4.69, 9.17) is 10.1 Å². The van der Waals surface area contributed by atoms with E-state index in [9.17, 15) is 4.79 Å². The van der Waals surface area contributed by atoms with Crippen molar-refractivity contribution < 1.29 is 9.53 Å². The fourth-order valence-corrected chi connectivity index (χ4v) is 3.39. The first kappa shape index (κ1) is 12.8. The molecule has 0 saturated carbocycles. The molecule has 92 valence electrons. The number of benzene rings is 1. The summed E-state index contributed by atoms with van der Waals surface area (Å²) in [6, 6.07) is 13.5. The van der Waals surface area contributed by atoms with Crippen molar-refractivity contribution in [3.8, 4) is 10.0 Å². The van der Waals surface area contributed by atoms with Gasteiger partial charge < -0.3 is 0 Å². The van der Waals surface area contributed by atoms with Gasteiger partial charge in [-0.25, -0.2) is 0 Å². The monoisotopic (exact) mass is 307 g/mol. The fourth-order valence-electron chi connectivity index (χ4n) is 1.56. The molecule has 0 aliphatic carbocycles. The second kappa shape index (κ2) is 5.80. The molecular formula is C14H13NO2Se. The minimum atomic E-state index is -0.396. The summed E-state index contributed by atoms with van der Waals surface area (Å²) in [5.41, 5.74) is 1.50. The number of esters is 1. The molecule has 0 radical (unpaired) electrons. The molecule has 0 atom stereocenters. The van der Waals surface area contributed by atoms with E-state index < -0.39 is 5.97 Å². The summed E-state index contributed by atoms with van der Waals surface area (Å²) in [4.78, 5) is 11.6. The van der Waals surface area contributed by atoms with Crippen LogP contribution in [0.25, 0.3) is 10.0 Å². The van der Waals surface area contributed by atoms with Crippen LogP contribution in [-0.2, 0) is 4.74 Å². The summed E-state index contributed by atoms with van der Waals surface area (Å²) < 4.78 is 6.41. The van der Waals surface area contributed by atoms with E-state index in [2.05, 4.69) is 0 Å². The number of ether oxygens (including phenoxy) is 1. The standard InChI is InChI=1S/C14H13NO2Se/c1-2-17-14(16)11-8-9-12(18-13(11)15)10-6-4-3-5-7-10/h3-9,15H,2H2,1H3. The Labute approximate surface area is 111 Å². The third-order valence-electron chi connectivity index (χ3n) is 2.41. The van der Waals surface area contributed by atoms with Gasteiger partial charge in [0.25, 0.3) is 0 Å². The molecular weight excluding hydrogens is 293 g/mol. The van der Waals surface area contributed by atoms with Crippen LogP contribution in [-0.4, -0.2) is 27.1 Å². The fraction of sp³-hybridized carbons (Fsp3) is 0.143. The zero-order chi connectivity index (χ0) is 13.0. The van der Waals surface area contributed by atoms with Crippen molar-refractivity contribution in [1.29, 1.82) is 5.41 Å². The van der Waals surface area contributed by atoms with Gasteiger partial charge in [-0.2, -0.15) is 0 Å². The molecule has 0 fully saturated rings. The molecule has 0 spiro atoms. The number of carbonyl (C=O) groups is 1.